The Hall–Kier alpha value is -4.39. The van der Waals surface area contributed by atoms with Crippen molar-refractivity contribution in [1.29, 1.82) is 0 Å². The molecule has 0 atom stereocenters. The molecule has 2 heterocycles. The second kappa shape index (κ2) is 17.0. The Bertz CT molecular complexity index is 2300. The van der Waals surface area contributed by atoms with Crippen molar-refractivity contribution < 1.29 is 43.2 Å². The zero-order valence-electron chi connectivity index (χ0n) is 32.2. The summed E-state index contributed by atoms with van der Waals surface area (Å²) in [4.78, 5) is 18.6. The smallest absolute Gasteiger partial charge is 0.433 e. The fourth-order valence-corrected chi connectivity index (χ4v) is 6.75. The van der Waals surface area contributed by atoms with Crippen LogP contribution < -0.4 is 0 Å². The van der Waals surface area contributed by atoms with E-state index in [0.717, 1.165) is 75.2 Å². The van der Waals surface area contributed by atoms with Crippen molar-refractivity contribution in [3.8, 4) is 22.4 Å². The summed E-state index contributed by atoms with van der Waals surface area (Å²) in [6, 6.07) is 26.2. The molecular formula is C46H49F3IrN2O2. The van der Waals surface area contributed by atoms with Gasteiger partial charge in [0.15, 0.2) is 5.69 Å². The summed E-state index contributed by atoms with van der Waals surface area (Å²) in [5, 5.41) is 14.9. The first-order valence-electron chi connectivity index (χ1n) is 18.3. The van der Waals surface area contributed by atoms with Gasteiger partial charge in [0.25, 0.3) is 0 Å². The number of ketones is 1. The number of hydrogen-bond donors (Lipinski definition) is 1. The summed E-state index contributed by atoms with van der Waals surface area (Å²) < 4.78 is 40.6. The van der Waals surface area contributed by atoms with E-state index in [1.807, 2.05) is 57.3 Å². The first kappa shape index (κ1) is 42.4. The van der Waals surface area contributed by atoms with E-state index in [0.29, 0.717) is 22.5 Å². The van der Waals surface area contributed by atoms with Gasteiger partial charge in [-0.05, 0) is 82.9 Å². The summed E-state index contributed by atoms with van der Waals surface area (Å²) >= 11 is 0. The number of pyridine rings is 2. The molecule has 4 nitrogen and oxygen atoms in total. The van der Waals surface area contributed by atoms with Crippen LogP contribution in [0, 0.1) is 30.7 Å². The van der Waals surface area contributed by atoms with Crippen molar-refractivity contribution in [2.45, 2.75) is 87.2 Å². The van der Waals surface area contributed by atoms with Crippen LogP contribution in [0.3, 0.4) is 0 Å². The van der Waals surface area contributed by atoms with E-state index in [9.17, 15) is 23.1 Å². The zero-order chi connectivity index (χ0) is 38.7. The maximum Gasteiger partial charge on any atom is 0.433 e. The molecule has 0 bridgehead atoms. The van der Waals surface area contributed by atoms with Gasteiger partial charge in [-0.3, -0.25) is 9.78 Å². The first-order chi connectivity index (χ1) is 25.1. The maximum absolute atomic E-state index is 13.5. The van der Waals surface area contributed by atoms with Gasteiger partial charge in [0.05, 0.1) is 11.5 Å². The molecule has 0 amide bonds. The molecule has 0 aliphatic carbocycles. The third-order valence-corrected chi connectivity index (χ3v) is 11.2. The molecule has 0 saturated heterocycles. The van der Waals surface area contributed by atoms with Crippen LogP contribution in [0.25, 0.3) is 54.7 Å². The van der Waals surface area contributed by atoms with Crippen LogP contribution in [0.5, 0.6) is 0 Å². The molecular weight excluding hydrogens is 862 g/mol. The van der Waals surface area contributed by atoms with E-state index in [2.05, 4.69) is 68.9 Å². The normalized spacial score (nSPS) is 12.4. The van der Waals surface area contributed by atoms with E-state index < -0.39 is 11.9 Å². The van der Waals surface area contributed by atoms with Crippen molar-refractivity contribution in [3.05, 3.63) is 120 Å². The van der Waals surface area contributed by atoms with Crippen molar-refractivity contribution >= 4 is 38.1 Å². The van der Waals surface area contributed by atoms with Crippen LogP contribution in [-0.2, 0) is 26.3 Å². The van der Waals surface area contributed by atoms with Gasteiger partial charge in [-0.2, -0.15) is 13.2 Å². The fraction of sp³-hybridized carbons (Fsp3) is 0.326. The van der Waals surface area contributed by atoms with Gasteiger partial charge < -0.3 is 10.1 Å². The van der Waals surface area contributed by atoms with Gasteiger partial charge >= 0.3 is 12.0 Å². The molecule has 0 aliphatic heterocycles. The van der Waals surface area contributed by atoms with E-state index in [-0.39, 0.29) is 36.3 Å². The second-order valence-corrected chi connectivity index (χ2v) is 14.5. The third-order valence-electron chi connectivity index (χ3n) is 11.2. The number of aryl methyl sites for hydroxylation is 2. The number of allylic oxidation sites excluding steroid dienone is 2. The number of aromatic nitrogens is 2. The number of aliphatic hydroxyl groups excluding tert-OH is 1. The zero-order valence-corrected chi connectivity index (χ0v) is 34.6. The Labute approximate surface area is 330 Å². The number of fused-ring (bicyclic) bond motifs is 4. The van der Waals surface area contributed by atoms with E-state index in [4.69, 9.17) is 0 Å². The number of nitrogens with zero attached hydrogens (tertiary/aromatic N) is 2. The molecule has 6 rings (SSSR count). The summed E-state index contributed by atoms with van der Waals surface area (Å²) in [6.45, 7) is 16.4. The molecule has 0 spiro atoms. The summed E-state index contributed by atoms with van der Waals surface area (Å²) in [6.07, 6.45) is 3.67. The number of rotatable bonds is 9. The average molecular weight is 911 g/mol. The SMILES string of the molecule is CCC(C)(CC)C(=[OH+])/C=C(\O)C(C)(CC)CC.Cc1[c-]c(-c2nccc3c2ccc2cc(-c4cnc(C(F)(F)F)c5ccccc45)ccc23)cc(C)c1.[Ir]. The van der Waals surface area contributed by atoms with Crippen LogP contribution >= 0.6 is 0 Å². The van der Waals surface area contributed by atoms with Crippen molar-refractivity contribution in [2.24, 2.45) is 10.8 Å². The van der Waals surface area contributed by atoms with Gasteiger partial charge in [0.2, 0.25) is 0 Å². The first-order valence-corrected chi connectivity index (χ1v) is 18.3. The van der Waals surface area contributed by atoms with Crippen LogP contribution in [0.1, 0.15) is 84.0 Å². The summed E-state index contributed by atoms with van der Waals surface area (Å²) in [7, 11) is 0. The van der Waals surface area contributed by atoms with Crippen molar-refractivity contribution in [2.75, 3.05) is 0 Å². The fourth-order valence-electron chi connectivity index (χ4n) is 6.75. The maximum atomic E-state index is 13.5. The number of hydrogen-bond acceptors (Lipinski definition) is 3. The number of alkyl halides is 3. The summed E-state index contributed by atoms with van der Waals surface area (Å²) in [5.74, 6) is 0.598. The molecule has 0 aliphatic rings. The van der Waals surface area contributed by atoms with Gasteiger partial charge in [-0.1, -0.05) is 97.0 Å². The number of aliphatic hydroxyl groups is 1. The van der Waals surface area contributed by atoms with Crippen LogP contribution in [-0.4, -0.2) is 25.7 Å². The molecule has 4 aromatic carbocycles. The average Bonchev–Trinajstić information content (AvgIpc) is 3.15. The summed E-state index contributed by atoms with van der Waals surface area (Å²) in [5.41, 5.74) is 4.22. The van der Waals surface area contributed by atoms with Crippen LogP contribution in [0.2, 0.25) is 0 Å². The Kier molecular flexibility index (Phi) is 13.3. The standard InChI is InChI=1S/C31H20F3N2.C15H28O2.Ir/c1-18-13-19(2)15-22(14-18)29-26-10-8-20-16-21(7-9-23(20)25(26)11-12-35-29)28-17-36-30(31(32,33)34)27-6-4-3-5-24(27)28;1-7-14(5,8-2)12(16)11-13(17)15(6,9-3)10-4;/h3-14,16-17H,1-2H3;11,16H,7-10H2,1-6H3;/q-1;;/p+1/b;12-11-;. The molecule has 2 N–H and O–H groups in total. The molecule has 0 fully saturated rings. The largest absolute Gasteiger partial charge is 0.511 e. The van der Waals surface area contributed by atoms with Crippen molar-refractivity contribution in [1.82, 2.24) is 9.97 Å². The molecule has 8 heteroatoms. The molecule has 6 aromatic rings. The molecule has 54 heavy (non-hydrogen) atoms. The Morgan fingerprint density at radius 1 is 0.759 bits per heavy atom. The minimum absolute atomic E-state index is 0. The van der Waals surface area contributed by atoms with E-state index in [1.54, 1.807) is 24.3 Å². The number of halogens is 3. The topological polar surface area (TPSA) is 67.4 Å². The quantitative estimate of drug-likeness (QED) is 0.0517. The molecule has 1 radical (unpaired) electrons. The van der Waals surface area contributed by atoms with Gasteiger partial charge in [0.1, 0.15) is 5.76 Å². The second-order valence-electron chi connectivity index (χ2n) is 14.5. The van der Waals surface area contributed by atoms with Crippen LogP contribution in [0.4, 0.5) is 13.2 Å². The van der Waals surface area contributed by atoms with Crippen LogP contribution in [0.15, 0.2) is 97.0 Å². The Morgan fingerprint density at radius 2 is 1.39 bits per heavy atom. The van der Waals surface area contributed by atoms with E-state index in [1.165, 1.54) is 12.3 Å². The number of carbonyl (C=O) groups excluding carboxylic acids is 1. The molecule has 285 valence electrons. The minimum atomic E-state index is -4.51. The minimum Gasteiger partial charge on any atom is -0.511 e. The van der Waals surface area contributed by atoms with Gasteiger partial charge in [0, 0.05) is 48.9 Å². The monoisotopic (exact) mass is 911 g/mol. The molecule has 0 unspecified atom stereocenters. The number of benzene rings is 4. The predicted molar refractivity (Wildman–Crippen MR) is 214 cm³/mol. The van der Waals surface area contributed by atoms with Gasteiger partial charge in [-0.15, -0.1) is 34.9 Å². The third kappa shape index (κ3) is 8.61. The Morgan fingerprint density at radius 3 is 2.00 bits per heavy atom. The molecule has 0 saturated carbocycles. The Balaban J connectivity index is 0.000000309. The van der Waals surface area contributed by atoms with Crippen molar-refractivity contribution in [3.63, 3.8) is 0 Å². The van der Waals surface area contributed by atoms with E-state index >= 15 is 0 Å². The molecule has 2 aromatic heterocycles. The van der Waals surface area contributed by atoms with Gasteiger partial charge in [-0.25, -0.2) is 0 Å². The predicted octanol–water partition coefficient (Wildman–Crippen LogP) is 13.3.